The van der Waals surface area contributed by atoms with Crippen LogP contribution in [0, 0.1) is 13.8 Å². The van der Waals surface area contributed by atoms with E-state index in [2.05, 4.69) is 46.2 Å². The normalized spacial score (nSPS) is 15.4. The maximum atomic E-state index is 12.7. The first kappa shape index (κ1) is 16.4. The van der Waals surface area contributed by atoms with Crippen molar-refractivity contribution in [1.82, 2.24) is 14.9 Å². The first-order valence-electron chi connectivity index (χ1n) is 8.43. The minimum atomic E-state index is 0.0494. The van der Waals surface area contributed by atoms with Crippen molar-refractivity contribution in [1.29, 1.82) is 0 Å². The molecule has 24 heavy (non-hydrogen) atoms. The SMILES string of the molecule is Cc1ncc(C(=O)N2CCC(N(C)c3ccccc3)CC2)c(C)n1. The van der Waals surface area contributed by atoms with Crippen LogP contribution < -0.4 is 4.90 Å². The van der Waals surface area contributed by atoms with Crippen LogP contribution in [0.5, 0.6) is 0 Å². The fourth-order valence-corrected chi connectivity index (χ4v) is 3.29. The van der Waals surface area contributed by atoms with E-state index in [-0.39, 0.29) is 5.91 Å². The molecular weight excluding hydrogens is 300 g/mol. The summed E-state index contributed by atoms with van der Waals surface area (Å²) in [6, 6.07) is 10.9. The monoisotopic (exact) mass is 324 g/mol. The van der Waals surface area contributed by atoms with Crippen molar-refractivity contribution in [3.8, 4) is 0 Å². The number of rotatable bonds is 3. The van der Waals surface area contributed by atoms with Gasteiger partial charge in [-0.2, -0.15) is 0 Å². The van der Waals surface area contributed by atoms with Gasteiger partial charge in [-0.05, 0) is 38.8 Å². The summed E-state index contributed by atoms with van der Waals surface area (Å²) in [6.45, 7) is 5.26. The van der Waals surface area contributed by atoms with Gasteiger partial charge in [-0.15, -0.1) is 0 Å². The first-order valence-corrected chi connectivity index (χ1v) is 8.43. The minimum Gasteiger partial charge on any atom is -0.371 e. The first-order chi connectivity index (χ1) is 11.6. The van der Waals surface area contributed by atoms with Crippen LogP contribution in [0.3, 0.4) is 0 Å². The molecule has 1 amide bonds. The summed E-state index contributed by atoms with van der Waals surface area (Å²) in [5, 5.41) is 0. The Morgan fingerprint density at radius 3 is 2.46 bits per heavy atom. The third kappa shape index (κ3) is 3.40. The van der Waals surface area contributed by atoms with Gasteiger partial charge < -0.3 is 9.80 Å². The van der Waals surface area contributed by atoms with Gasteiger partial charge in [0.1, 0.15) is 5.82 Å². The fourth-order valence-electron chi connectivity index (χ4n) is 3.29. The lowest BCUT2D eigenvalue weighted by atomic mass is 10.0. The Hall–Kier alpha value is -2.43. The molecule has 0 bridgehead atoms. The number of amides is 1. The molecule has 2 heterocycles. The van der Waals surface area contributed by atoms with Gasteiger partial charge >= 0.3 is 0 Å². The van der Waals surface area contributed by atoms with Gasteiger partial charge in [-0.3, -0.25) is 4.79 Å². The number of aromatic nitrogens is 2. The van der Waals surface area contributed by atoms with E-state index in [1.165, 1.54) is 5.69 Å². The largest absolute Gasteiger partial charge is 0.371 e. The van der Waals surface area contributed by atoms with Crippen LogP contribution in [0.1, 0.15) is 34.7 Å². The molecule has 0 saturated carbocycles. The third-order valence-electron chi connectivity index (χ3n) is 4.79. The second-order valence-corrected chi connectivity index (χ2v) is 6.39. The predicted octanol–water partition coefficient (Wildman–Crippen LogP) is 2.83. The number of piperidine rings is 1. The van der Waals surface area contributed by atoms with E-state index in [1.54, 1.807) is 6.20 Å². The van der Waals surface area contributed by atoms with Crippen molar-refractivity contribution in [2.75, 3.05) is 25.0 Å². The van der Waals surface area contributed by atoms with E-state index in [9.17, 15) is 4.79 Å². The molecule has 1 fully saturated rings. The summed E-state index contributed by atoms with van der Waals surface area (Å²) >= 11 is 0. The summed E-state index contributed by atoms with van der Waals surface area (Å²) in [6.07, 6.45) is 3.61. The number of nitrogens with zero attached hydrogens (tertiary/aromatic N) is 4. The Balaban J connectivity index is 1.63. The van der Waals surface area contributed by atoms with Crippen LogP contribution >= 0.6 is 0 Å². The van der Waals surface area contributed by atoms with E-state index in [4.69, 9.17) is 0 Å². The van der Waals surface area contributed by atoms with E-state index in [0.29, 0.717) is 17.4 Å². The van der Waals surface area contributed by atoms with Crippen molar-refractivity contribution in [3.63, 3.8) is 0 Å². The van der Waals surface area contributed by atoms with Gasteiger partial charge in [0.05, 0.1) is 11.3 Å². The fraction of sp³-hybridized carbons (Fsp3) is 0.421. The number of carbonyl (C=O) groups excluding carboxylic acids is 1. The molecule has 126 valence electrons. The molecule has 1 aliphatic rings. The number of likely N-dealkylation sites (tertiary alicyclic amines) is 1. The highest BCUT2D eigenvalue weighted by molar-refractivity contribution is 5.95. The van der Waals surface area contributed by atoms with Gasteiger partial charge in [0.15, 0.2) is 0 Å². The van der Waals surface area contributed by atoms with Crippen LogP contribution in [0.15, 0.2) is 36.5 Å². The summed E-state index contributed by atoms with van der Waals surface area (Å²) in [4.78, 5) is 25.4. The molecular formula is C19H24N4O. The van der Waals surface area contributed by atoms with E-state index in [0.717, 1.165) is 31.6 Å². The molecule has 1 aromatic carbocycles. The molecule has 0 unspecified atom stereocenters. The highest BCUT2D eigenvalue weighted by Gasteiger charge is 2.27. The summed E-state index contributed by atoms with van der Waals surface area (Å²) in [5.74, 6) is 0.751. The van der Waals surface area contributed by atoms with Crippen molar-refractivity contribution in [2.45, 2.75) is 32.7 Å². The van der Waals surface area contributed by atoms with Gasteiger partial charge in [-0.1, -0.05) is 18.2 Å². The molecule has 3 rings (SSSR count). The minimum absolute atomic E-state index is 0.0494. The second kappa shape index (κ2) is 6.99. The summed E-state index contributed by atoms with van der Waals surface area (Å²) < 4.78 is 0. The average Bonchev–Trinajstić information content (AvgIpc) is 2.61. The quantitative estimate of drug-likeness (QED) is 0.871. The zero-order valence-corrected chi connectivity index (χ0v) is 14.6. The zero-order valence-electron chi connectivity index (χ0n) is 14.6. The van der Waals surface area contributed by atoms with Crippen LogP contribution in [0.25, 0.3) is 0 Å². The highest BCUT2D eigenvalue weighted by Crippen LogP contribution is 2.23. The van der Waals surface area contributed by atoms with Crippen molar-refractivity contribution < 1.29 is 4.79 Å². The van der Waals surface area contributed by atoms with Crippen molar-refractivity contribution >= 4 is 11.6 Å². The molecule has 5 nitrogen and oxygen atoms in total. The second-order valence-electron chi connectivity index (χ2n) is 6.39. The van der Waals surface area contributed by atoms with Gasteiger partial charge in [0.25, 0.3) is 5.91 Å². The molecule has 0 aliphatic carbocycles. The van der Waals surface area contributed by atoms with Gasteiger partial charge in [0, 0.05) is 38.1 Å². The number of hydrogen-bond acceptors (Lipinski definition) is 4. The van der Waals surface area contributed by atoms with Crippen LogP contribution in [0.2, 0.25) is 0 Å². The predicted molar refractivity (Wildman–Crippen MR) is 95.3 cm³/mol. The molecule has 1 aliphatic heterocycles. The lowest BCUT2D eigenvalue weighted by Crippen LogP contribution is -2.45. The number of carbonyl (C=O) groups is 1. The van der Waals surface area contributed by atoms with Crippen LogP contribution in [-0.2, 0) is 0 Å². The Labute approximate surface area is 143 Å². The smallest absolute Gasteiger partial charge is 0.257 e. The number of para-hydroxylation sites is 1. The highest BCUT2D eigenvalue weighted by atomic mass is 16.2. The van der Waals surface area contributed by atoms with E-state index < -0.39 is 0 Å². The molecule has 1 saturated heterocycles. The topological polar surface area (TPSA) is 49.3 Å². The number of aryl methyl sites for hydroxylation is 2. The molecule has 0 spiro atoms. The molecule has 5 heteroatoms. The number of hydrogen-bond donors (Lipinski definition) is 0. The average molecular weight is 324 g/mol. The standard InChI is InChI=1S/C19H24N4O/c1-14-18(13-20-15(2)21-14)19(24)23-11-9-17(10-12-23)22(3)16-7-5-4-6-8-16/h4-8,13,17H,9-12H2,1-3H3. The van der Waals surface area contributed by atoms with Crippen molar-refractivity contribution in [2.24, 2.45) is 0 Å². The number of anilines is 1. The zero-order chi connectivity index (χ0) is 17.1. The lowest BCUT2D eigenvalue weighted by Gasteiger charge is -2.38. The van der Waals surface area contributed by atoms with Crippen LogP contribution in [-0.4, -0.2) is 47.0 Å². The van der Waals surface area contributed by atoms with Gasteiger partial charge in [0.2, 0.25) is 0 Å². The summed E-state index contributed by atoms with van der Waals surface area (Å²) in [5.41, 5.74) is 2.61. The molecule has 2 aromatic rings. The lowest BCUT2D eigenvalue weighted by molar-refractivity contribution is 0.0711. The maximum absolute atomic E-state index is 12.7. The summed E-state index contributed by atoms with van der Waals surface area (Å²) in [7, 11) is 2.13. The molecule has 0 radical (unpaired) electrons. The molecule has 1 aromatic heterocycles. The Kier molecular flexibility index (Phi) is 4.79. The van der Waals surface area contributed by atoms with E-state index in [1.807, 2.05) is 24.8 Å². The third-order valence-corrected chi connectivity index (χ3v) is 4.79. The molecule has 0 atom stereocenters. The Morgan fingerprint density at radius 1 is 1.17 bits per heavy atom. The van der Waals surface area contributed by atoms with Crippen LogP contribution in [0.4, 0.5) is 5.69 Å². The maximum Gasteiger partial charge on any atom is 0.257 e. The Bertz CT molecular complexity index is 709. The molecule has 0 N–H and O–H groups in total. The Morgan fingerprint density at radius 2 is 1.83 bits per heavy atom. The number of benzene rings is 1. The van der Waals surface area contributed by atoms with Gasteiger partial charge in [-0.25, -0.2) is 9.97 Å². The van der Waals surface area contributed by atoms with E-state index >= 15 is 0 Å². The van der Waals surface area contributed by atoms with Crippen molar-refractivity contribution in [3.05, 3.63) is 53.6 Å².